The second-order valence-corrected chi connectivity index (χ2v) is 11.7. The molecule has 222 valence electrons. The molecule has 0 bridgehead atoms. The molecule has 6 N–H and O–H groups in total. The lowest BCUT2D eigenvalue weighted by Crippen LogP contribution is -2.63. The van der Waals surface area contributed by atoms with Gasteiger partial charge in [-0.2, -0.15) is 0 Å². The average molecular weight is 578 g/mol. The minimum Gasteiger partial charge on any atom is -0.510 e. The number of phenolic OH excluding ortho intramolecular Hbond substituents is 1. The van der Waals surface area contributed by atoms with Crippen LogP contribution in [0.4, 0.5) is 0 Å². The van der Waals surface area contributed by atoms with Crippen LogP contribution < -0.4 is 10.5 Å². The number of carbonyl (C=O) groups excluding carboxylic acids is 3. The molecule has 11 nitrogen and oxygen atoms in total. The van der Waals surface area contributed by atoms with Crippen molar-refractivity contribution in [3.05, 3.63) is 69.7 Å². The molecule has 42 heavy (non-hydrogen) atoms. The number of methoxy groups -OCH3 is 1. The Morgan fingerprint density at radius 2 is 1.74 bits per heavy atom. The van der Waals surface area contributed by atoms with Gasteiger partial charge in [0.2, 0.25) is 5.78 Å². The van der Waals surface area contributed by atoms with Gasteiger partial charge in [0, 0.05) is 18.0 Å². The van der Waals surface area contributed by atoms with E-state index >= 15 is 0 Å². The van der Waals surface area contributed by atoms with Crippen molar-refractivity contribution in [2.75, 3.05) is 35.3 Å². The summed E-state index contributed by atoms with van der Waals surface area (Å²) in [5, 5.41) is 45.1. The van der Waals surface area contributed by atoms with Crippen LogP contribution >= 0.6 is 0 Å². The summed E-state index contributed by atoms with van der Waals surface area (Å²) >= 11 is 0. The first kappa shape index (κ1) is 29.3. The predicted octanol–water partition coefficient (Wildman–Crippen LogP) is 1.86. The zero-order valence-electron chi connectivity index (χ0n) is 24.1. The molecule has 2 aromatic rings. The number of hydrogen-bond acceptors (Lipinski definition) is 10. The van der Waals surface area contributed by atoms with Crippen molar-refractivity contribution in [2.45, 2.75) is 31.0 Å². The molecule has 3 aliphatic rings. The summed E-state index contributed by atoms with van der Waals surface area (Å²) in [5.74, 6) is -6.11. The Kier molecular flexibility index (Phi) is 7.16. The smallest absolute Gasteiger partial charge is 0.255 e. The molecule has 2 aromatic carbocycles. The molecule has 0 heterocycles. The average Bonchev–Trinajstić information content (AvgIpc) is 2.90. The van der Waals surface area contributed by atoms with Crippen LogP contribution in [0.5, 0.6) is 11.5 Å². The van der Waals surface area contributed by atoms with Crippen LogP contribution in [0.15, 0.2) is 53.0 Å². The molecular weight excluding hydrogens is 542 g/mol. The maximum absolute atomic E-state index is 14.1. The van der Waals surface area contributed by atoms with E-state index in [-0.39, 0.29) is 29.7 Å². The van der Waals surface area contributed by atoms with E-state index in [9.17, 15) is 34.8 Å². The Labute approximate surface area is 243 Å². The molecular formula is C31H35N3O8. The number of aromatic hydroxyl groups is 1. The van der Waals surface area contributed by atoms with Gasteiger partial charge in [0.15, 0.2) is 11.4 Å². The summed E-state index contributed by atoms with van der Waals surface area (Å²) in [7, 11) is 8.64. The zero-order chi connectivity index (χ0) is 30.8. The van der Waals surface area contributed by atoms with Crippen LogP contribution in [0, 0.1) is 11.8 Å². The third kappa shape index (κ3) is 4.19. The first-order chi connectivity index (χ1) is 19.7. The number of aliphatic hydroxyl groups excluding tert-OH is 2. The first-order valence-corrected chi connectivity index (χ1v) is 13.6. The number of Topliss-reactive ketones (excluding diaryl/α,β-unsaturated/α-hetero) is 2. The third-order valence-electron chi connectivity index (χ3n) is 8.70. The van der Waals surface area contributed by atoms with E-state index in [1.807, 2.05) is 37.2 Å². The summed E-state index contributed by atoms with van der Waals surface area (Å²) in [6.45, 7) is 0.570. The van der Waals surface area contributed by atoms with E-state index in [4.69, 9.17) is 10.5 Å². The Morgan fingerprint density at radius 1 is 1.07 bits per heavy atom. The fourth-order valence-electron chi connectivity index (χ4n) is 6.93. The number of nitrogens with zero attached hydrogens (tertiary/aromatic N) is 2. The number of phenols is 1. The topological polar surface area (TPSA) is 174 Å². The minimum atomic E-state index is -2.67. The number of carbonyl (C=O) groups is 3. The van der Waals surface area contributed by atoms with Gasteiger partial charge in [-0.3, -0.25) is 19.3 Å². The second kappa shape index (κ2) is 10.3. The highest BCUT2D eigenvalue weighted by atomic mass is 16.5. The van der Waals surface area contributed by atoms with E-state index < -0.39 is 58.0 Å². The molecule has 5 rings (SSSR count). The van der Waals surface area contributed by atoms with Crippen molar-refractivity contribution < 1.29 is 39.5 Å². The van der Waals surface area contributed by atoms with Gasteiger partial charge in [-0.05, 0) is 87.4 Å². The van der Waals surface area contributed by atoms with Gasteiger partial charge in [-0.15, -0.1) is 0 Å². The summed E-state index contributed by atoms with van der Waals surface area (Å²) in [4.78, 5) is 43.2. The molecule has 0 radical (unpaired) electrons. The number of allylic oxidation sites excluding steroid dienone is 1. The lowest BCUT2D eigenvalue weighted by molar-refractivity contribution is -0.148. The molecule has 4 atom stereocenters. The highest BCUT2D eigenvalue weighted by Gasteiger charge is 2.63. The Hall–Kier alpha value is -4.19. The number of ether oxygens (including phenoxy) is 1. The number of aliphatic hydroxyl groups is 3. The number of nitrogens with two attached hydrogens (primary N) is 1. The van der Waals surface area contributed by atoms with Gasteiger partial charge in [0.25, 0.3) is 5.91 Å². The van der Waals surface area contributed by atoms with Crippen molar-refractivity contribution in [1.82, 2.24) is 9.80 Å². The monoisotopic (exact) mass is 577 g/mol. The number of likely N-dealkylation sites (N-methyl/N-ethyl adjacent to an activating group) is 1. The van der Waals surface area contributed by atoms with Crippen LogP contribution in [-0.4, -0.2) is 94.6 Å². The highest BCUT2D eigenvalue weighted by molar-refractivity contribution is 6.24. The predicted molar refractivity (Wildman–Crippen MR) is 153 cm³/mol. The van der Waals surface area contributed by atoms with Crippen LogP contribution in [-0.2, 0) is 22.6 Å². The molecule has 11 heteroatoms. The molecule has 0 unspecified atom stereocenters. The molecule has 0 fully saturated rings. The molecule has 0 aliphatic heterocycles. The van der Waals surface area contributed by atoms with Gasteiger partial charge in [-0.25, -0.2) is 0 Å². The number of ketones is 2. The Balaban J connectivity index is 1.72. The standard InChI is InChI=1S/C31H35N3O8/c1-33(2)13-15-10-16(42-5)6-7-17(15)18-8-9-21(35)23-19(18)11-14-12-20-25(34(3)4)27(37)24(30(32)40)29(39)31(20,41)28(38)22(14)26(23)36/h6-10,14,20,25,35,37-38,41H,11-13H2,1-5H3,(H2,32,40)/t14-,20-,25-,31-/m0/s1. The summed E-state index contributed by atoms with van der Waals surface area (Å²) < 4.78 is 5.43. The summed E-state index contributed by atoms with van der Waals surface area (Å²) in [6.07, 6.45) is 0.222. The molecule has 3 aliphatic carbocycles. The SMILES string of the molecule is COc1ccc(-c2ccc(O)c3c2C[C@H]2C[C@H]4[C@H](N(C)C)C(O)=C(C(N)=O)C(=O)[C@@]4(O)C(O)=C2C3=O)c(CN(C)C)c1. The van der Waals surface area contributed by atoms with Gasteiger partial charge in [-0.1, -0.05) is 12.1 Å². The largest absolute Gasteiger partial charge is 0.510 e. The fraction of sp³-hybridized carbons (Fsp3) is 0.387. The molecule has 0 spiro atoms. The van der Waals surface area contributed by atoms with E-state index in [1.54, 1.807) is 27.3 Å². The van der Waals surface area contributed by atoms with Gasteiger partial charge in [0.05, 0.1) is 18.7 Å². The number of amides is 1. The van der Waals surface area contributed by atoms with Crippen LogP contribution in [0.2, 0.25) is 0 Å². The van der Waals surface area contributed by atoms with Crippen molar-refractivity contribution in [2.24, 2.45) is 17.6 Å². The van der Waals surface area contributed by atoms with Crippen LogP contribution in [0.3, 0.4) is 0 Å². The molecule has 0 aromatic heterocycles. The summed E-state index contributed by atoms with van der Waals surface area (Å²) in [6, 6.07) is 7.74. The van der Waals surface area contributed by atoms with E-state index in [0.717, 1.165) is 16.7 Å². The number of hydrogen-bond donors (Lipinski definition) is 5. The maximum Gasteiger partial charge on any atom is 0.255 e. The number of rotatable bonds is 6. The third-order valence-corrected chi connectivity index (χ3v) is 8.70. The number of fused-ring (bicyclic) bond motifs is 3. The van der Waals surface area contributed by atoms with Gasteiger partial charge < -0.3 is 35.8 Å². The van der Waals surface area contributed by atoms with Crippen LogP contribution in [0.25, 0.3) is 11.1 Å². The van der Waals surface area contributed by atoms with Crippen LogP contribution in [0.1, 0.15) is 27.9 Å². The maximum atomic E-state index is 14.1. The zero-order valence-corrected chi connectivity index (χ0v) is 24.1. The minimum absolute atomic E-state index is 0.0219. The van der Waals surface area contributed by atoms with Crippen molar-refractivity contribution in [3.8, 4) is 22.6 Å². The van der Waals surface area contributed by atoms with E-state index in [1.165, 1.54) is 11.0 Å². The number of benzene rings is 2. The molecule has 1 amide bonds. The summed E-state index contributed by atoms with van der Waals surface area (Å²) in [5.41, 5.74) is 4.73. The van der Waals surface area contributed by atoms with E-state index in [0.29, 0.717) is 17.9 Å². The van der Waals surface area contributed by atoms with Crippen molar-refractivity contribution in [3.63, 3.8) is 0 Å². The quantitative estimate of drug-likeness (QED) is 0.319. The van der Waals surface area contributed by atoms with Crippen molar-refractivity contribution in [1.29, 1.82) is 0 Å². The second-order valence-electron chi connectivity index (χ2n) is 11.7. The van der Waals surface area contributed by atoms with Gasteiger partial charge >= 0.3 is 0 Å². The normalized spacial score (nSPS) is 25.5. The fourth-order valence-corrected chi connectivity index (χ4v) is 6.93. The molecule has 0 saturated carbocycles. The Bertz CT molecular complexity index is 1590. The first-order valence-electron chi connectivity index (χ1n) is 13.6. The lowest BCUT2D eigenvalue weighted by atomic mass is 9.58. The van der Waals surface area contributed by atoms with Gasteiger partial charge in [0.1, 0.15) is 28.6 Å². The Morgan fingerprint density at radius 3 is 2.33 bits per heavy atom. The van der Waals surface area contributed by atoms with E-state index in [2.05, 4.69) is 0 Å². The van der Waals surface area contributed by atoms with Crippen molar-refractivity contribution >= 4 is 17.5 Å². The highest BCUT2D eigenvalue weighted by Crippen LogP contribution is 2.53. The molecule has 0 saturated heterocycles. The number of primary amides is 1. The lowest BCUT2D eigenvalue weighted by Gasteiger charge is -2.50.